The Hall–Kier alpha value is -2.07. The maximum absolute atomic E-state index is 12.0. The Morgan fingerprint density at radius 2 is 2.21 bits per heavy atom. The summed E-state index contributed by atoms with van der Waals surface area (Å²) in [5.41, 5.74) is 7.79. The molecule has 1 aromatic heterocycles. The van der Waals surface area contributed by atoms with Crippen molar-refractivity contribution in [2.45, 2.75) is 13.3 Å². The van der Waals surface area contributed by atoms with E-state index in [4.69, 9.17) is 17.3 Å². The zero-order chi connectivity index (χ0) is 13.8. The lowest BCUT2D eigenvalue weighted by Crippen LogP contribution is -2.12. The number of nitrogens with one attached hydrogen (secondary N) is 1. The lowest BCUT2D eigenvalue weighted by Gasteiger charge is -2.07. The maximum Gasteiger partial charge on any atom is 0.257 e. The monoisotopic (exact) mass is 275 g/mol. The number of aromatic nitrogens is 1. The highest BCUT2D eigenvalue weighted by Gasteiger charge is 2.09. The van der Waals surface area contributed by atoms with Crippen molar-refractivity contribution in [1.29, 1.82) is 0 Å². The molecule has 3 N–H and O–H groups in total. The third kappa shape index (κ3) is 3.23. The van der Waals surface area contributed by atoms with Crippen LogP contribution >= 0.6 is 11.6 Å². The van der Waals surface area contributed by atoms with Crippen molar-refractivity contribution in [3.63, 3.8) is 0 Å². The number of hydrogen-bond acceptors (Lipinski definition) is 3. The molecule has 4 nitrogen and oxygen atoms in total. The van der Waals surface area contributed by atoms with Gasteiger partial charge < -0.3 is 11.1 Å². The Morgan fingerprint density at radius 3 is 2.89 bits per heavy atom. The molecule has 0 aliphatic rings. The zero-order valence-corrected chi connectivity index (χ0v) is 11.2. The van der Waals surface area contributed by atoms with E-state index in [1.807, 2.05) is 24.3 Å². The Bertz CT molecular complexity index is 613. The summed E-state index contributed by atoms with van der Waals surface area (Å²) in [5.74, 6) is -0.0474. The number of carbonyl (C=O) groups excluding carboxylic acids is 1. The molecule has 98 valence electrons. The van der Waals surface area contributed by atoms with E-state index in [9.17, 15) is 4.79 Å². The smallest absolute Gasteiger partial charge is 0.257 e. The number of rotatable bonds is 3. The minimum Gasteiger partial charge on any atom is -0.382 e. The molecule has 5 heteroatoms. The first-order valence-electron chi connectivity index (χ1n) is 5.91. The summed E-state index contributed by atoms with van der Waals surface area (Å²) in [4.78, 5) is 15.9. The molecule has 0 bridgehead atoms. The molecule has 1 amide bonds. The number of carbonyl (C=O) groups is 1. The van der Waals surface area contributed by atoms with Gasteiger partial charge in [0.15, 0.2) is 0 Å². The fraction of sp³-hybridized carbons (Fsp3) is 0.143. The Labute approximate surface area is 116 Å². The summed E-state index contributed by atoms with van der Waals surface area (Å²) in [6, 6.07) is 9.19. The van der Waals surface area contributed by atoms with Crippen molar-refractivity contribution in [2.24, 2.45) is 0 Å². The number of amides is 1. The Kier molecular flexibility index (Phi) is 4.02. The molecule has 0 spiro atoms. The molecule has 0 saturated carbocycles. The fourth-order valence-electron chi connectivity index (χ4n) is 1.64. The second-order valence-electron chi connectivity index (χ2n) is 4.10. The van der Waals surface area contributed by atoms with Gasteiger partial charge in [0.1, 0.15) is 5.82 Å². The summed E-state index contributed by atoms with van der Waals surface area (Å²) >= 11 is 5.84. The molecule has 0 atom stereocenters. The summed E-state index contributed by atoms with van der Waals surface area (Å²) in [7, 11) is 0. The second-order valence-corrected chi connectivity index (χ2v) is 4.51. The van der Waals surface area contributed by atoms with E-state index < -0.39 is 0 Å². The Morgan fingerprint density at radius 1 is 1.42 bits per heavy atom. The molecule has 0 fully saturated rings. The molecule has 2 rings (SSSR count). The van der Waals surface area contributed by atoms with E-state index in [0.29, 0.717) is 5.56 Å². The number of nitrogens with zero attached hydrogens (tertiary/aromatic N) is 1. The molecule has 0 saturated heterocycles. The maximum atomic E-state index is 12.0. The van der Waals surface area contributed by atoms with Gasteiger partial charge in [-0.15, -0.1) is 0 Å². The topological polar surface area (TPSA) is 68.0 Å². The van der Waals surface area contributed by atoms with Gasteiger partial charge in [0.2, 0.25) is 0 Å². The number of nitrogens with two attached hydrogens (primary N) is 1. The third-order valence-electron chi connectivity index (χ3n) is 2.72. The van der Waals surface area contributed by atoms with Crippen LogP contribution in [0.25, 0.3) is 0 Å². The number of aryl methyl sites for hydroxylation is 1. The largest absolute Gasteiger partial charge is 0.382 e. The number of anilines is 2. The molecule has 1 heterocycles. The number of nitrogen functional groups attached to an aromatic ring is 1. The van der Waals surface area contributed by atoms with E-state index in [2.05, 4.69) is 17.2 Å². The average Bonchev–Trinajstić information content (AvgIpc) is 2.42. The van der Waals surface area contributed by atoms with Crippen LogP contribution in [0, 0.1) is 0 Å². The average molecular weight is 276 g/mol. The lowest BCUT2D eigenvalue weighted by atomic mass is 10.1. The number of hydrogen-bond donors (Lipinski definition) is 2. The quantitative estimate of drug-likeness (QED) is 0.904. The van der Waals surface area contributed by atoms with Gasteiger partial charge in [0.25, 0.3) is 5.91 Å². The van der Waals surface area contributed by atoms with E-state index >= 15 is 0 Å². The lowest BCUT2D eigenvalue weighted by molar-refractivity contribution is 0.102. The summed E-state index contributed by atoms with van der Waals surface area (Å²) in [6.07, 6.45) is 2.32. The van der Waals surface area contributed by atoms with E-state index in [1.54, 1.807) is 0 Å². The number of pyridine rings is 1. The molecular formula is C14H14ClN3O. The van der Waals surface area contributed by atoms with Crippen molar-refractivity contribution in [2.75, 3.05) is 11.1 Å². The molecule has 0 aliphatic carbocycles. The number of benzene rings is 1. The van der Waals surface area contributed by atoms with Crippen LogP contribution in [-0.2, 0) is 6.42 Å². The molecule has 1 aromatic carbocycles. The van der Waals surface area contributed by atoms with Gasteiger partial charge in [0.05, 0.1) is 10.6 Å². The van der Waals surface area contributed by atoms with Gasteiger partial charge in [-0.3, -0.25) is 4.79 Å². The highest BCUT2D eigenvalue weighted by Crippen LogP contribution is 2.18. The minimum absolute atomic E-state index is 0.214. The standard InChI is InChI=1S/C14H14ClN3O/c1-2-9-4-3-5-11(6-9)18-14(19)10-7-12(15)13(16)17-8-10/h3-8H,2H2,1H3,(H2,16,17)(H,18,19). The van der Waals surface area contributed by atoms with Gasteiger partial charge in [-0.25, -0.2) is 4.98 Å². The van der Waals surface area contributed by atoms with Gasteiger partial charge in [-0.1, -0.05) is 30.7 Å². The van der Waals surface area contributed by atoms with Crippen LogP contribution in [0.5, 0.6) is 0 Å². The van der Waals surface area contributed by atoms with Gasteiger partial charge in [0, 0.05) is 11.9 Å². The fourth-order valence-corrected chi connectivity index (χ4v) is 1.81. The van der Waals surface area contributed by atoms with Crippen LogP contribution in [0.4, 0.5) is 11.5 Å². The van der Waals surface area contributed by atoms with E-state index in [-0.39, 0.29) is 16.7 Å². The molecule has 0 radical (unpaired) electrons. The predicted octanol–water partition coefficient (Wildman–Crippen LogP) is 3.13. The van der Waals surface area contributed by atoms with Gasteiger partial charge >= 0.3 is 0 Å². The second kappa shape index (κ2) is 5.71. The van der Waals surface area contributed by atoms with Gasteiger partial charge in [-0.2, -0.15) is 0 Å². The van der Waals surface area contributed by atoms with E-state index in [1.165, 1.54) is 12.3 Å². The third-order valence-corrected chi connectivity index (χ3v) is 3.03. The zero-order valence-electron chi connectivity index (χ0n) is 10.5. The molecular weight excluding hydrogens is 262 g/mol. The summed E-state index contributed by atoms with van der Waals surface area (Å²) in [5, 5.41) is 3.07. The first kappa shape index (κ1) is 13.4. The predicted molar refractivity (Wildman–Crippen MR) is 77.4 cm³/mol. The van der Waals surface area contributed by atoms with Crippen molar-refractivity contribution in [3.05, 3.63) is 52.7 Å². The van der Waals surface area contributed by atoms with Crippen molar-refractivity contribution in [3.8, 4) is 0 Å². The summed E-state index contributed by atoms with van der Waals surface area (Å²) < 4.78 is 0. The first-order chi connectivity index (χ1) is 9.10. The van der Waals surface area contributed by atoms with Crippen molar-refractivity contribution < 1.29 is 4.79 Å². The normalized spacial score (nSPS) is 10.2. The van der Waals surface area contributed by atoms with Crippen LogP contribution in [0.1, 0.15) is 22.8 Å². The molecule has 2 aromatic rings. The highest BCUT2D eigenvalue weighted by molar-refractivity contribution is 6.33. The minimum atomic E-state index is -0.261. The molecule has 19 heavy (non-hydrogen) atoms. The van der Waals surface area contributed by atoms with Crippen LogP contribution in [-0.4, -0.2) is 10.9 Å². The van der Waals surface area contributed by atoms with Crippen molar-refractivity contribution in [1.82, 2.24) is 4.98 Å². The SMILES string of the molecule is CCc1cccc(NC(=O)c2cnc(N)c(Cl)c2)c1. The molecule has 0 aliphatic heterocycles. The van der Waals surface area contributed by atoms with Crippen LogP contribution in [0.3, 0.4) is 0 Å². The van der Waals surface area contributed by atoms with Gasteiger partial charge in [-0.05, 0) is 30.2 Å². The highest BCUT2D eigenvalue weighted by atomic mass is 35.5. The van der Waals surface area contributed by atoms with Crippen molar-refractivity contribution >= 4 is 29.0 Å². The van der Waals surface area contributed by atoms with Crippen LogP contribution < -0.4 is 11.1 Å². The van der Waals surface area contributed by atoms with Crippen LogP contribution in [0.2, 0.25) is 5.02 Å². The van der Waals surface area contributed by atoms with Crippen LogP contribution in [0.15, 0.2) is 36.5 Å². The number of halogens is 1. The Balaban J connectivity index is 2.18. The van der Waals surface area contributed by atoms with E-state index in [0.717, 1.165) is 17.7 Å². The summed E-state index contributed by atoms with van der Waals surface area (Å²) in [6.45, 7) is 2.06. The first-order valence-corrected chi connectivity index (χ1v) is 6.29. The molecule has 0 unspecified atom stereocenters.